The van der Waals surface area contributed by atoms with Crippen LogP contribution in [0.5, 0.6) is 0 Å². The van der Waals surface area contributed by atoms with Gasteiger partial charge in [0.2, 0.25) is 10.0 Å². The summed E-state index contributed by atoms with van der Waals surface area (Å²) in [6.45, 7) is 3.15. The van der Waals surface area contributed by atoms with Gasteiger partial charge in [-0.3, -0.25) is 10.1 Å². The summed E-state index contributed by atoms with van der Waals surface area (Å²) in [6, 6.07) is 14.1. The molecule has 0 spiro atoms. The first-order valence-corrected chi connectivity index (χ1v) is 13.4. The Morgan fingerprint density at radius 2 is 1.87 bits per heavy atom. The van der Waals surface area contributed by atoms with Crippen molar-refractivity contribution in [2.75, 3.05) is 18.4 Å². The normalized spacial score (nSPS) is 17.4. The molecule has 6 nitrogen and oxygen atoms in total. The number of piperidine rings is 1. The molecule has 0 saturated carbocycles. The van der Waals surface area contributed by atoms with E-state index in [-0.39, 0.29) is 10.8 Å². The summed E-state index contributed by atoms with van der Waals surface area (Å²) in [5, 5.41) is 5.19. The van der Waals surface area contributed by atoms with Gasteiger partial charge in [0.15, 0.2) is 5.13 Å². The van der Waals surface area contributed by atoms with E-state index in [1.807, 2.05) is 29.6 Å². The monoisotopic (exact) mass is 567 g/mol. The summed E-state index contributed by atoms with van der Waals surface area (Å²) < 4.78 is 28.4. The van der Waals surface area contributed by atoms with Crippen molar-refractivity contribution in [1.29, 1.82) is 0 Å². The van der Waals surface area contributed by atoms with E-state index in [2.05, 4.69) is 39.8 Å². The van der Waals surface area contributed by atoms with Crippen LogP contribution in [-0.2, 0) is 10.0 Å². The molecule has 0 radical (unpaired) electrons. The van der Waals surface area contributed by atoms with Crippen LogP contribution in [0, 0.1) is 9.49 Å². The van der Waals surface area contributed by atoms with E-state index >= 15 is 0 Å². The lowest BCUT2D eigenvalue weighted by Crippen LogP contribution is -2.39. The van der Waals surface area contributed by atoms with E-state index in [0.29, 0.717) is 29.7 Å². The first-order chi connectivity index (χ1) is 14.8. The molecule has 1 N–H and O–H groups in total. The maximum atomic E-state index is 12.9. The Kier molecular flexibility index (Phi) is 6.75. The van der Waals surface area contributed by atoms with Crippen LogP contribution in [0.4, 0.5) is 5.13 Å². The number of carbonyl (C=O) groups is 1. The zero-order valence-corrected chi connectivity index (χ0v) is 20.7. The Labute approximate surface area is 199 Å². The van der Waals surface area contributed by atoms with Gasteiger partial charge in [-0.05, 0) is 77.7 Å². The summed E-state index contributed by atoms with van der Waals surface area (Å²) in [6.07, 6.45) is 1.92. The first kappa shape index (κ1) is 22.4. The van der Waals surface area contributed by atoms with Gasteiger partial charge in [0.05, 0.1) is 10.6 Å². The summed E-state index contributed by atoms with van der Waals surface area (Å²) >= 11 is 3.60. The Hall–Kier alpha value is -1.82. The molecule has 1 saturated heterocycles. The maximum absolute atomic E-state index is 12.9. The number of rotatable bonds is 5. The van der Waals surface area contributed by atoms with Gasteiger partial charge in [-0.15, -0.1) is 11.3 Å². The zero-order chi connectivity index (χ0) is 22.0. The minimum atomic E-state index is -3.54. The van der Waals surface area contributed by atoms with Crippen molar-refractivity contribution >= 4 is 55.0 Å². The summed E-state index contributed by atoms with van der Waals surface area (Å²) in [5.41, 5.74) is 2.17. The lowest BCUT2D eigenvalue weighted by Gasteiger charge is -2.30. The minimum absolute atomic E-state index is 0.216. The molecule has 1 aliphatic heterocycles. The highest BCUT2D eigenvalue weighted by Crippen LogP contribution is 2.27. The molecule has 1 aromatic heterocycles. The lowest BCUT2D eigenvalue weighted by atomic mass is 10.0. The van der Waals surface area contributed by atoms with Gasteiger partial charge < -0.3 is 0 Å². The second-order valence-electron chi connectivity index (χ2n) is 7.63. The quantitative estimate of drug-likeness (QED) is 0.436. The largest absolute Gasteiger partial charge is 0.298 e. The number of nitrogens with zero attached hydrogens (tertiary/aromatic N) is 2. The van der Waals surface area contributed by atoms with Gasteiger partial charge in [0.1, 0.15) is 0 Å². The molecule has 2 aromatic carbocycles. The van der Waals surface area contributed by atoms with Gasteiger partial charge in [0.25, 0.3) is 5.91 Å². The first-order valence-electron chi connectivity index (χ1n) is 9.96. The molecular weight excluding hydrogens is 545 g/mol. The molecule has 9 heteroatoms. The topological polar surface area (TPSA) is 79.4 Å². The van der Waals surface area contributed by atoms with E-state index in [4.69, 9.17) is 0 Å². The fraction of sp³-hybridized carbons (Fsp3) is 0.273. The second kappa shape index (κ2) is 9.35. The number of halogens is 1. The van der Waals surface area contributed by atoms with Gasteiger partial charge in [-0.1, -0.05) is 19.1 Å². The minimum Gasteiger partial charge on any atom is -0.298 e. The fourth-order valence-corrected chi connectivity index (χ4v) is 6.22. The molecule has 1 unspecified atom stereocenters. The van der Waals surface area contributed by atoms with E-state index in [0.717, 1.165) is 27.7 Å². The smallest absolute Gasteiger partial charge is 0.257 e. The van der Waals surface area contributed by atoms with Crippen molar-refractivity contribution < 1.29 is 13.2 Å². The van der Waals surface area contributed by atoms with Gasteiger partial charge in [0, 0.05) is 33.2 Å². The van der Waals surface area contributed by atoms with Crippen LogP contribution in [0.2, 0.25) is 0 Å². The van der Waals surface area contributed by atoms with E-state index in [9.17, 15) is 13.2 Å². The number of hydrogen-bond donors (Lipinski definition) is 1. The predicted octanol–water partition coefficient (Wildman–Crippen LogP) is 5.09. The third-order valence-corrected chi connectivity index (χ3v) is 8.59. The van der Waals surface area contributed by atoms with Crippen molar-refractivity contribution in [1.82, 2.24) is 9.29 Å². The number of anilines is 1. The molecule has 0 aliphatic carbocycles. The van der Waals surface area contributed by atoms with Crippen molar-refractivity contribution in [3.8, 4) is 11.3 Å². The van der Waals surface area contributed by atoms with Crippen LogP contribution in [-0.4, -0.2) is 36.7 Å². The molecule has 1 aliphatic rings. The summed E-state index contributed by atoms with van der Waals surface area (Å²) in [7, 11) is -3.54. The zero-order valence-electron chi connectivity index (χ0n) is 16.9. The molecule has 2 heterocycles. The Morgan fingerprint density at radius 3 is 2.55 bits per heavy atom. The summed E-state index contributed by atoms with van der Waals surface area (Å²) in [5.74, 6) is 0.0373. The standard InChI is InChI=1S/C22H22IN3O3S2/c1-15-3-2-12-26(13-15)31(28,29)19-10-6-17(7-11-19)21(27)25-22-24-20(14-30-22)16-4-8-18(23)9-5-16/h4-11,14-15H,2-3,12-13H2,1H3,(H,24,25,27). The van der Waals surface area contributed by atoms with E-state index in [1.165, 1.54) is 27.8 Å². The van der Waals surface area contributed by atoms with Crippen LogP contribution in [0.1, 0.15) is 30.1 Å². The number of sulfonamides is 1. The molecule has 1 atom stereocenters. The predicted molar refractivity (Wildman–Crippen MR) is 132 cm³/mol. The average molecular weight is 567 g/mol. The lowest BCUT2D eigenvalue weighted by molar-refractivity contribution is 0.102. The number of aromatic nitrogens is 1. The molecule has 162 valence electrons. The Morgan fingerprint density at radius 1 is 1.16 bits per heavy atom. The van der Waals surface area contributed by atoms with Gasteiger partial charge in [-0.25, -0.2) is 13.4 Å². The number of benzene rings is 2. The highest BCUT2D eigenvalue weighted by atomic mass is 127. The SMILES string of the molecule is CC1CCCN(S(=O)(=O)c2ccc(C(=O)Nc3nc(-c4ccc(I)cc4)cs3)cc2)C1. The van der Waals surface area contributed by atoms with Crippen LogP contribution in [0.15, 0.2) is 58.8 Å². The van der Waals surface area contributed by atoms with E-state index < -0.39 is 10.0 Å². The van der Waals surface area contributed by atoms with Crippen molar-refractivity contribution in [2.45, 2.75) is 24.7 Å². The number of amides is 1. The van der Waals surface area contributed by atoms with Gasteiger partial charge in [-0.2, -0.15) is 4.31 Å². The van der Waals surface area contributed by atoms with Crippen LogP contribution >= 0.6 is 33.9 Å². The number of nitrogens with one attached hydrogen (secondary N) is 1. The van der Waals surface area contributed by atoms with Gasteiger partial charge >= 0.3 is 0 Å². The van der Waals surface area contributed by atoms with Crippen LogP contribution < -0.4 is 5.32 Å². The third-order valence-electron chi connectivity index (χ3n) is 5.24. The molecule has 0 bridgehead atoms. The number of hydrogen-bond acceptors (Lipinski definition) is 5. The molecule has 1 amide bonds. The number of carbonyl (C=O) groups excluding carboxylic acids is 1. The Bertz CT molecular complexity index is 1180. The fourth-order valence-electron chi connectivity index (χ4n) is 3.55. The number of thiazole rings is 1. The van der Waals surface area contributed by atoms with E-state index in [1.54, 1.807) is 12.1 Å². The van der Waals surface area contributed by atoms with Crippen molar-refractivity contribution in [3.63, 3.8) is 0 Å². The second-order valence-corrected chi connectivity index (χ2v) is 11.7. The third kappa shape index (κ3) is 5.16. The molecule has 3 aromatic rings. The molecular formula is C22H22IN3O3S2. The van der Waals surface area contributed by atoms with Crippen LogP contribution in [0.25, 0.3) is 11.3 Å². The highest BCUT2D eigenvalue weighted by Gasteiger charge is 2.28. The molecule has 31 heavy (non-hydrogen) atoms. The molecule has 4 rings (SSSR count). The van der Waals surface area contributed by atoms with Crippen molar-refractivity contribution in [3.05, 3.63) is 63.0 Å². The summed E-state index contributed by atoms with van der Waals surface area (Å²) in [4.78, 5) is 17.3. The average Bonchev–Trinajstić information content (AvgIpc) is 3.22. The molecule has 1 fully saturated rings. The highest BCUT2D eigenvalue weighted by molar-refractivity contribution is 14.1. The Balaban J connectivity index is 1.45. The van der Waals surface area contributed by atoms with Crippen LogP contribution in [0.3, 0.4) is 0 Å². The van der Waals surface area contributed by atoms with Crippen molar-refractivity contribution in [2.24, 2.45) is 5.92 Å². The maximum Gasteiger partial charge on any atom is 0.257 e.